The highest BCUT2D eigenvalue weighted by atomic mass is 32.2. The third kappa shape index (κ3) is 5.39. The molecule has 164 valence electrons. The molecule has 0 atom stereocenters. The van der Waals surface area contributed by atoms with Crippen molar-refractivity contribution in [2.75, 3.05) is 7.11 Å². The maximum Gasteiger partial charge on any atom is 0.280 e. The Balaban J connectivity index is 1.83. The SMILES string of the molecule is COc1ccc(/C=C/C(=O)c2ccn(C)n2)cc1CSc1nc(C(F)F)cc(C)c1C#N. The van der Waals surface area contributed by atoms with Crippen LogP contribution < -0.4 is 4.74 Å². The van der Waals surface area contributed by atoms with Crippen molar-refractivity contribution in [3.8, 4) is 11.8 Å². The Morgan fingerprint density at radius 2 is 2.12 bits per heavy atom. The summed E-state index contributed by atoms with van der Waals surface area (Å²) in [4.78, 5) is 16.2. The van der Waals surface area contributed by atoms with Crippen LogP contribution in [0.2, 0.25) is 0 Å². The van der Waals surface area contributed by atoms with Crippen LogP contribution in [0.3, 0.4) is 0 Å². The molecule has 0 radical (unpaired) electrons. The molecular weight excluding hydrogens is 434 g/mol. The van der Waals surface area contributed by atoms with Gasteiger partial charge in [-0.2, -0.15) is 10.4 Å². The third-order valence-electron chi connectivity index (χ3n) is 4.60. The molecule has 32 heavy (non-hydrogen) atoms. The number of aromatic nitrogens is 3. The fourth-order valence-corrected chi connectivity index (χ4v) is 4.02. The fraction of sp³-hybridized carbons (Fsp3) is 0.217. The van der Waals surface area contributed by atoms with Crippen molar-refractivity contribution < 1.29 is 18.3 Å². The number of methoxy groups -OCH3 is 1. The smallest absolute Gasteiger partial charge is 0.280 e. The molecule has 0 N–H and O–H groups in total. The minimum absolute atomic E-state index is 0.223. The summed E-state index contributed by atoms with van der Waals surface area (Å²) in [5.74, 6) is 0.720. The number of aryl methyl sites for hydroxylation is 2. The maximum atomic E-state index is 13.2. The molecule has 9 heteroatoms. The van der Waals surface area contributed by atoms with Gasteiger partial charge in [-0.15, -0.1) is 11.8 Å². The number of ether oxygens (including phenoxy) is 1. The Morgan fingerprint density at radius 1 is 1.34 bits per heavy atom. The number of hydrogen-bond donors (Lipinski definition) is 0. The number of pyridine rings is 1. The van der Waals surface area contributed by atoms with E-state index in [-0.39, 0.29) is 22.1 Å². The van der Waals surface area contributed by atoms with E-state index in [2.05, 4.69) is 10.1 Å². The Labute approximate surface area is 188 Å². The number of nitrogens with zero attached hydrogens (tertiary/aromatic N) is 4. The van der Waals surface area contributed by atoms with Gasteiger partial charge in [0.25, 0.3) is 6.43 Å². The minimum Gasteiger partial charge on any atom is -0.496 e. The first-order valence-electron chi connectivity index (χ1n) is 9.54. The van der Waals surface area contributed by atoms with Crippen LogP contribution in [-0.2, 0) is 12.8 Å². The van der Waals surface area contributed by atoms with Gasteiger partial charge in [-0.1, -0.05) is 12.1 Å². The Bertz CT molecular complexity index is 1220. The van der Waals surface area contributed by atoms with Crippen LogP contribution in [0.4, 0.5) is 8.78 Å². The normalized spacial score (nSPS) is 11.2. The highest BCUT2D eigenvalue weighted by Crippen LogP contribution is 2.32. The number of ketones is 1. The first-order valence-corrected chi connectivity index (χ1v) is 10.5. The van der Waals surface area contributed by atoms with Crippen LogP contribution in [-0.4, -0.2) is 27.7 Å². The summed E-state index contributed by atoms with van der Waals surface area (Å²) < 4.78 is 33.3. The monoisotopic (exact) mass is 454 g/mol. The van der Waals surface area contributed by atoms with E-state index >= 15 is 0 Å². The lowest BCUT2D eigenvalue weighted by molar-refractivity contribution is 0.104. The zero-order valence-corrected chi connectivity index (χ0v) is 18.5. The molecule has 0 saturated carbocycles. The lowest BCUT2D eigenvalue weighted by atomic mass is 10.1. The first kappa shape index (κ1) is 23.2. The van der Waals surface area contributed by atoms with E-state index in [0.717, 1.165) is 11.1 Å². The van der Waals surface area contributed by atoms with E-state index < -0.39 is 6.43 Å². The van der Waals surface area contributed by atoms with Gasteiger partial charge in [0, 0.05) is 24.6 Å². The van der Waals surface area contributed by atoms with Crippen molar-refractivity contribution in [2.45, 2.75) is 24.1 Å². The molecule has 0 amide bonds. The minimum atomic E-state index is -2.72. The summed E-state index contributed by atoms with van der Waals surface area (Å²) in [6.07, 6.45) is 2.08. The van der Waals surface area contributed by atoms with Crippen LogP contribution >= 0.6 is 11.8 Å². The largest absolute Gasteiger partial charge is 0.496 e. The second-order valence-corrected chi connectivity index (χ2v) is 7.85. The van der Waals surface area contributed by atoms with Gasteiger partial charge in [0.1, 0.15) is 28.2 Å². The molecular formula is C23H20F2N4O2S. The van der Waals surface area contributed by atoms with Gasteiger partial charge in [0.05, 0.1) is 12.7 Å². The van der Waals surface area contributed by atoms with E-state index in [1.807, 2.05) is 12.1 Å². The van der Waals surface area contributed by atoms with Crippen LogP contribution in [0.15, 0.2) is 47.6 Å². The second-order valence-electron chi connectivity index (χ2n) is 6.89. The summed E-state index contributed by atoms with van der Waals surface area (Å²) >= 11 is 1.18. The molecule has 3 rings (SSSR count). The van der Waals surface area contributed by atoms with Gasteiger partial charge in [-0.3, -0.25) is 9.48 Å². The molecule has 0 saturated heterocycles. The van der Waals surface area contributed by atoms with E-state index in [9.17, 15) is 18.8 Å². The average molecular weight is 455 g/mol. The van der Waals surface area contributed by atoms with Crippen molar-refractivity contribution in [1.82, 2.24) is 14.8 Å². The number of hydrogen-bond acceptors (Lipinski definition) is 6. The maximum absolute atomic E-state index is 13.2. The number of halogens is 2. The van der Waals surface area contributed by atoms with Gasteiger partial charge in [0.15, 0.2) is 0 Å². The number of carbonyl (C=O) groups is 1. The third-order valence-corrected chi connectivity index (χ3v) is 5.62. The lowest BCUT2D eigenvalue weighted by Crippen LogP contribution is -1.99. The number of nitriles is 1. The average Bonchev–Trinajstić information content (AvgIpc) is 3.22. The summed E-state index contributed by atoms with van der Waals surface area (Å²) in [7, 11) is 3.27. The molecule has 1 aromatic carbocycles. The van der Waals surface area contributed by atoms with Crippen LogP contribution in [0.5, 0.6) is 5.75 Å². The Morgan fingerprint density at radius 3 is 2.75 bits per heavy atom. The summed E-state index contributed by atoms with van der Waals surface area (Å²) in [5, 5.41) is 13.8. The van der Waals surface area contributed by atoms with Gasteiger partial charge in [-0.05, 0) is 48.4 Å². The van der Waals surface area contributed by atoms with Crippen molar-refractivity contribution in [2.24, 2.45) is 7.05 Å². The number of benzene rings is 1. The van der Waals surface area contributed by atoms with E-state index in [1.54, 1.807) is 49.1 Å². The summed E-state index contributed by atoms with van der Waals surface area (Å²) in [6.45, 7) is 1.61. The number of thioether (sulfide) groups is 1. The highest BCUT2D eigenvalue weighted by molar-refractivity contribution is 7.98. The summed E-state index contributed by atoms with van der Waals surface area (Å²) in [5.41, 5.74) is 2.25. The standard InChI is InChI=1S/C23H20F2N4O2S/c1-14-10-19(22(24)25)27-23(17(14)12-26)32-13-16-11-15(5-7-21(16)31-3)4-6-20(30)18-8-9-29(2)28-18/h4-11,22H,13H2,1-3H3/b6-4+. The molecule has 2 heterocycles. The molecule has 0 fully saturated rings. The van der Waals surface area contributed by atoms with Gasteiger partial charge in [-0.25, -0.2) is 13.8 Å². The van der Waals surface area contributed by atoms with Gasteiger partial charge in [0.2, 0.25) is 5.78 Å². The first-order chi connectivity index (χ1) is 15.3. The molecule has 0 bridgehead atoms. The van der Waals surface area contributed by atoms with Crippen LogP contribution in [0.25, 0.3) is 6.08 Å². The van der Waals surface area contributed by atoms with E-state index in [0.29, 0.717) is 22.8 Å². The lowest BCUT2D eigenvalue weighted by Gasteiger charge is -2.12. The van der Waals surface area contributed by atoms with Crippen molar-refractivity contribution in [3.05, 3.63) is 76.2 Å². The molecule has 0 spiro atoms. The zero-order valence-electron chi connectivity index (χ0n) is 17.7. The molecule has 6 nitrogen and oxygen atoms in total. The topological polar surface area (TPSA) is 80.8 Å². The van der Waals surface area contributed by atoms with Gasteiger partial charge < -0.3 is 4.74 Å². The number of carbonyl (C=O) groups excluding carboxylic acids is 1. The molecule has 0 aliphatic carbocycles. The van der Waals surface area contributed by atoms with Crippen molar-refractivity contribution >= 4 is 23.6 Å². The van der Waals surface area contributed by atoms with Crippen molar-refractivity contribution in [1.29, 1.82) is 5.26 Å². The van der Waals surface area contributed by atoms with Crippen molar-refractivity contribution in [3.63, 3.8) is 0 Å². The quantitative estimate of drug-likeness (QED) is 0.267. The van der Waals surface area contributed by atoms with Crippen LogP contribution in [0.1, 0.15) is 44.9 Å². The number of allylic oxidation sites excluding steroid dienone is 1. The molecule has 0 aliphatic rings. The number of rotatable bonds is 8. The molecule has 0 unspecified atom stereocenters. The Hall–Kier alpha value is -3.51. The Kier molecular flexibility index (Phi) is 7.38. The highest BCUT2D eigenvalue weighted by Gasteiger charge is 2.17. The predicted molar refractivity (Wildman–Crippen MR) is 118 cm³/mol. The van der Waals surface area contributed by atoms with E-state index in [1.165, 1.54) is 31.0 Å². The second kappa shape index (κ2) is 10.2. The molecule has 2 aromatic heterocycles. The molecule has 0 aliphatic heterocycles. The van der Waals surface area contributed by atoms with Gasteiger partial charge >= 0.3 is 0 Å². The zero-order chi connectivity index (χ0) is 23.3. The van der Waals surface area contributed by atoms with Crippen LogP contribution in [0, 0.1) is 18.3 Å². The predicted octanol–water partition coefficient (Wildman–Crippen LogP) is 5.13. The fourth-order valence-electron chi connectivity index (χ4n) is 2.99. The molecule has 3 aromatic rings. The summed E-state index contributed by atoms with van der Waals surface area (Å²) in [6, 6.07) is 10.3. The van der Waals surface area contributed by atoms with E-state index in [4.69, 9.17) is 4.74 Å². The number of alkyl halides is 2.